The summed E-state index contributed by atoms with van der Waals surface area (Å²) in [6, 6.07) is 17.9. The molecule has 2 fully saturated rings. The number of ether oxygens (including phenoxy) is 3. The van der Waals surface area contributed by atoms with Gasteiger partial charge in [-0.2, -0.15) is 4.98 Å². The number of hydrogen-bond acceptors (Lipinski definition) is 9. The van der Waals surface area contributed by atoms with E-state index in [-0.39, 0.29) is 12.1 Å². The highest BCUT2D eigenvalue weighted by Gasteiger charge is 2.34. The zero-order valence-electron chi connectivity index (χ0n) is 30.9. The van der Waals surface area contributed by atoms with Gasteiger partial charge < -0.3 is 24.6 Å². The monoisotopic (exact) mass is 772 g/mol. The Kier molecular flexibility index (Phi) is 11.7. The maximum absolute atomic E-state index is 11.8. The van der Waals surface area contributed by atoms with E-state index in [0.717, 1.165) is 77.7 Å². The van der Waals surface area contributed by atoms with Gasteiger partial charge in [-0.1, -0.05) is 65.7 Å². The minimum Gasteiger partial charge on any atom is -0.481 e. The first-order chi connectivity index (χ1) is 26.1. The number of carbonyl (C=O) groups excluding carboxylic acids is 1. The third kappa shape index (κ3) is 7.94. The summed E-state index contributed by atoms with van der Waals surface area (Å²) in [5.41, 5.74) is 7.40. The fraction of sp³-hybridized carbons (Fsp3) is 0.429. The van der Waals surface area contributed by atoms with Gasteiger partial charge in [0.2, 0.25) is 17.6 Å². The van der Waals surface area contributed by atoms with Crippen molar-refractivity contribution in [1.82, 2.24) is 20.2 Å². The molecule has 2 aromatic carbocycles. The van der Waals surface area contributed by atoms with Crippen molar-refractivity contribution in [2.75, 3.05) is 27.3 Å². The Morgan fingerprint density at radius 2 is 1.69 bits per heavy atom. The van der Waals surface area contributed by atoms with Gasteiger partial charge in [-0.05, 0) is 86.9 Å². The molecular formula is C42H46Cl2N4O6. The molecule has 0 unspecified atom stereocenters. The lowest BCUT2D eigenvalue weighted by Gasteiger charge is -2.37. The lowest BCUT2D eigenvalue weighted by molar-refractivity contribution is -0.145. The average molecular weight is 774 g/mol. The number of ketones is 1. The van der Waals surface area contributed by atoms with Crippen LogP contribution in [0.4, 0.5) is 0 Å². The van der Waals surface area contributed by atoms with Crippen molar-refractivity contribution in [3.05, 3.63) is 86.9 Å². The van der Waals surface area contributed by atoms with Crippen LogP contribution in [0.5, 0.6) is 17.6 Å². The molecule has 12 heteroatoms. The van der Waals surface area contributed by atoms with Crippen LogP contribution in [-0.4, -0.2) is 65.1 Å². The summed E-state index contributed by atoms with van der Waals surface area (Å²) in [4.78, 5) is 35.2. The molecule has 2 N–H and O–H groups in total. The van der Waals surface area contributed by atoms with E-state index in [4.69, 9.17) is 47.4 Å². The highest BCUT2D eigenvalue weighted by Crippen LogP contribution is 2.45. The molecule has 284 valence electrons. The number of aliphatic carboxylic acids is 1. The van der Waals surface area contributed by atoms with Crippen molar-refractivity contribution in [3.8, 4) is 40.0 Å². The van der Waals surface area contributed by atoms with Crippen LogP contribution in [0.25, 0.3) is 22.4 Å². The number of benzene rings is 2. The first-order valence-corrected chi connectivity index (χ1v) is 19.4. The highest BCUT2D eigenvalue weighted by atomic mass is 35.5. The van der Waals surface area contributed by atoms with Gasteiger partial charge >= 0.3 is 5.97 Å². The van der Waals surface area contributed by atoms with E-state index in [1.807, 2.05) is 49.4 Å². The number of carboxylic acid groups (broad SMARTS) is 1. The van der Waals surface area contributed by atoms with Crippen LogP contribution in [0.1, 0.15) is 73.8 Å². The Morgan fingerprint density at radius 1 is 0.926 bits per heavy atom. The second kappa shape index (κ2) is 16.7. The molecule has 0 amide bonds. The predicted octanol–water partition coefficient (Wildman–Crippen LogP) is 8.34. The molecule has 4 atom stereocenters. The molecule has 3 aliphatic rings. The number of carbonyl (C=O) groups is 2. The number of fused-ring (bicyclic) bond motifs is 1. The van der Waals surface area contributed by atoms with Gasteiger partial charge in [0.05, 0.1) is 30.9 Å². The van der Waals surface area contributed by atoms with E-state index < -0.39 is 11.9 Å². The topological polar surface area (TPSA) is 123 Å². The lowest BCUT2D eigenvalue weighted by Crippen LogP contribution is -2.45. The van der Waals surface area contributed by atoms with Crippen molar-refractivity contribution in [2.45, 2.75) is 77.1 Å². The Balaban J connectivity index is 1.08. The summed E-state index contributed by atoms with van der Waals surface area (Å²) >= 11 is 14.0. The highest BCUT2D eigenvalue weighted by molar-refractivity contribution is 6.36. The Morgan fingerprint density at radius 3 is 2.44 bits per heavy atom. The molecule has 3 heterocycles. The summed E-state index contributed by atoms with van der Waals surface area (Å²) in [7, 11) is 3.19. The van der Waals surface area contributed by atoms with Crippen molar-refractivity contribution in [2.24, 2.45) is 11.8 Å². The van der Waals surface area contributed by atoms with Crippen molar-refractivity contribution in [1.29, 1.82) is 0 Å². The molecule has 4 aromatic rings. The smallest absolute Gasteiger partial charge is 0.308 e. The first kappa shape index (κ1) is 38.1. The minimum atomic E-state index is -0.767. The fourth-order valence-electron chi connectivity index (χ4n) is 8.32. The molecule has 10 nitrogen and oxygen atoms in total. The third-order valence-electron chi connectivity index (χ3n) is 11.2. The number of halogens is 2. The van der Waals surface area contributed by atoms with Crippen molar-refractivity contribution >= 4 is 35.0 Å². The molecule has 1 saturated carbocycles. The molecule has 7 rings (SSSR count). The van der Waals surface area contributed by atoms with Gasteiger partial charge in [0.25, 0.3) is 0 Å². The van der Waals surface area contributed by atoms with Crippen LogP contribution in [0, 0.1) is 11.8 Å². The van der Waals surface area contributed by atoms with Crippen LogP contribution < -0.4 is 19.5 Å². The van der Waals surface area contributed by atoms with Gasteiger partial charge in [0.15, 0.2) is 0 Å². The fourth-order valence-corrected chi connectivity index (χ4v) is 8.87. The van der Waals surface area contributed by atoms with Gasteiger partial charge in [-0.25, -0.2) is 4.98 Å². The molecule has 1 aliphatic heterocycles. The second-order valence-corrected chi connectivity index (χ2v) is 15.4. The van der Waals surface area contributed by atoms with Crippen LogP contribution in [-0.2, 0) is 29.1 Å². The van der Waals surface area contributed by atoms with Crippen molar-refractivity contribution in [3.63, 3.8) is 0 Å². The van der Waals surface area contributed by atoms with E-state index in [2.05, 4.69) is 22.3 Å². The Bertz CT molecular complexity index is 2040. The normalized spacial score (nSPS) is 21.2. The predicted molar refractivity (Wildman–Crippen MR) is 208 cm³/mol. The number of likely N-dealkylation sites (tertiary alicyclic amines) is 1. The van der Waals surface area contributed by atoms with E-state index in [9.17, 15) is 14.7 Å². The van der Waals surface area contributed by atoms with Gasteiger partial charge in [-0.3, -0.25) is 14.5 Å². The number of Topliss-reactive ketones (excluding diaryl/α,β-unsaturated/α-hetero) is 1. The number of methoxy groups -OCH3 is 2. The SMILES string of the molecule is COc1nc(-c2cccc(-c3cccc4c3CC[C@@H]4Oc3nc(OC)c(CN4CCC[C@H](C(=O)O)[C@@H]4C)cc3Cl)c2Cl)ccc1CNC[C@@H]1CCC(=O)C1. The van der Waals surface area contributed by atoms with Gasteiger partial charge in [0.1, 0.15) is 16.9 Å². The molecular weight excluding hydrogens is 727 g/mol. The number of rotatable bonds is 13. The molecule has 0 spiro atoms. The van der Waals surface area contributed by atoms with Crippen LogP contribution in [0.15, 0.2) is 54.6 Å². The number of piperidine rings is 1. The molecule has 2 aliphatic carbocycles. The molecule has 1 saturated heterocycles. The van der Waals surface area contributed by atoms with Crippen molar-refractivity contribution < 1.29 is 28.9 Å². The Hall–Kier alpha value is -4.22. The molecule has 2 aromatic heterocycles. The largest absolute Gasteiger partial charge is 0.481 e. The first-order valence-electron chi connectivity index (χ1n) is 18.7. The standard InChI is InChI=1S/C42H46Cl2N4O6/c1-24-29(42(50)51)11-6-18-48(24)23-27-20-35(43)41(47-40(27)53-3)54-37-17-15-31-30(7-4-8-32(31)37)33-9-5-10-34(38(33)44)36-16-13-26(39(46-36)52-2)22-45-21-25-12-14-28(49)19-25/h4-5,7-10,13,16,20,24-25,29,37,45H,6,11-12,14-15,17-19,21-23H2,1-3H3,(H,50,51)/t24-,25+,29-,37-/m0/s1. The van der Waals surface area contributed by atoms with Gasteiger partial charge in [0, 0.05) is 54.2 Å². The van der Waals surface area contributed by atoms with Crippen LogP contribution in [0.3, 0.4) is 0 Å². The van der Waals surface area contributed by atoms with Crippen LogP contribution >= 0.6 is 23.2 Å². The quantitative estimate of drug-likeness (QED) is 0.137. The summed E-state index contributed by atoms with van der Waals surface area (Å²) in [6.07, 6.45) is 5.01. The number of nitrogens with one attached hydrogen (secondary N) is 1. The lowest BCUT2D eigenvalue weighted by atomic mass is 9.90. The third-order valence-corrected chi connectivity index (χ3v) is 11.9. The maximum Gasteiger partial charge on any atom is 0.308 e. The second-order valence-electron chi connectivity index (χ2n) is 14.6. The van der Waals surface area contributed by atoms with E-state index in [1.165, 1.54) is 0 Å². The zero-order chi connectivity index (χ0) is 37.9. The zero-order valence-corrected chi connectivity index (χ0v) is 32.4. The summed E-state index contributed by atoms with van der Waals surface area (Å²) in [5, 5.41) is 14.1. The molecule has 54 heavy (non-hydrogen) atoms. The Labute approximate surface area is 326 Å². The minimum absolute atomic E-state index is 0.123. The number of hydrogen-bond donors (Lipinski definition) is 2. The summed E-state index contributed by atoms with van der Waals surface area (Å²) in [5.74, 6) is 0.795. The number of nitrogens with zero attached hydrogens (tertiary/aromatic N) is 3. The van der Waals surface area contributed by atoms with E-state index in [0.29, 0.717) is 77.4 Å². The number of carboxylic acids is 1. The average Bonchev–Trinajstić information content (AvgIpc) is 3.79. The number of aromatic nitrogens is 2. The summed E-state index contributed by atoms with van der Waals surface area (Å²) < 4.78 is 17.9. The summed E-state index contributed by atoms with van der Waals surface area (Å²) in [6.45, 7) is 4.61. The molecule has 0 radical (unpaired) electrons. The van der Waals surface area contributed by atoms with E-state index >= 15 is 0 Å². The number of pyridine rings is 2. The van der Waals surface area contributed by atoms with Crippen LogP contribution in [0.2, 0.25) is 10.0 Å². The van der Waals surface area contributed by atoms with E-state index in [1.54, 1.807) is 14.2 Å². The maximum atomic E-state index is 11.8. The van der Waals surface area contributed by atoms with Gasteiger partial charge in [-0.15, -0.1) is 0 Å². The molecule has 0 bridgehead atoms.